The van der Waals surface area contributed by atoms with E-state index in [1.165, 1.54) is 12.1 Å². The van der Waals surface area contributed by atoms with Gasteiger partial charge in [-0.1, -0.05) is 12.1 Å². The molecule has 27 heavy (non-hydrogen) atoms. The maximum Gasteiger partial charge on any atom is 0.356 e. The van der Waals surface area contributed by atoms with Gasteiger partial charge in [0.05, 0.1) is 24.0 Å². The van der Waals surface area contributed by atoms with Crippen molar-refractivity contribution in [3.63, 3.8) is 0 Å². The Balaban J connectivity index is 1.73. The monoisotopic (exact) mass is 361 g/mol. The van der Waals surface area contributed by atoms with Gasteiger partial charge in [-0.2, -0.15) is 0 Å². The molecule has 0 spiro atoms. The number of fused-ring (bicyclic) bond motifs is 3. The van der Waals surface area contributed by atoms with Crippen molar-refractivity contribution in [2.45, 2.75) is 6.92 Å². The van der Waals surface area contributed by atoms with Crippen LogP contribution in [0.5, 0.6) is 0 Å². The molecular formula is C21H16FN3O2. The highest BCUT2D eigenvalue weighted by Crippen LogP contribution is 2.29. The standard InChI is InChI=1S/C21H16FN3O2/c1-2-27-21(26)19-10-17-16-9-15(7-8-18(16)25-20(17)12-24-19)23-11-13-3-5-14(22)6-4-13/h3-12,25H,2H2,1H3. The van der Waals surface area contributed by atoms with Crippen molar-refractivity contribution in [3.8, 4) is 0 Å². The number of rotatable bonds is 4. The lowest BCUT2D eigenvalue weighted by Gasteiger charge is -2.01. The summed E-state index contributed by atoms with van der Waals surface area (Å²) in [5, 5.41) is 1.81. The van der Waals surface area contributed by atoms with Crippen molar-refractivity contribution in [3.05, 3.63) is 71.8 Å². The fraction of sp³-hybridized carbons (Fsp3) is 0.0952. The number of carbonyl (C=O) groups is 1. The second kappa shape index (κ2) is 6.99. The second-order valence-electron chi connectivity index (χ2n) is 6.00. The Kier molecular flexibility index (Phi) is 4.38. The molecule has 5 nitrogen and oxygen atoms in total. The van der Waals surface area contributed by atoms with Gasteiger partial charge in [-0.25, -0.2) is 14.2 Å². The van der Waals surface area contributed by atoms with Crippen molar-refractivity contribution in [1.29, 1.82) is 0 Å². The number of benzene rings is 2. The van der Waals surface area contributed by atoms with Crippen molar-refractivity contribution < 1.29 is 13.9 Å². The Morgan fingerprint density at radius 1 is 1.15 bits per heavy atom. The minimum atomic E-state index is -0.445. The van der Waals surface area contributed by atoms with Crippen molar-refractivity contribution in [2.75, 3.05) is 6.61 Å². The van der Waals surface area contributed by atoms with Crippen LogP contribution >= 0.6 is 0 Å². The lowest BCUT2D eigenvalue weighted by molar-refractivity contribution is 0.0520. The number of nitrogens with zero attached hydrogens (tertiary/aromatic N) is 2. The Morgan fingerprint density at radius 2 is 1.93 bits per heavy atom. The third kappa shape index (κ3) is 3.42. The van der Waals surface area contributed by atoms with Crippen molar-refractivity contribution >= 4 is 39.7 Å². The minimum absolute atomic E-state index is 0.269. The second-order valence-corrected chi connectivity index (χ2v) is 6.00. The molecule has 4 rings (SSSR count). The normalized spacial score (nSPS) is 11.5. The third-order valence-corrected chi connectivity index (χ3v) is 4.18. The van der Waals surface area contributed by atoms with Crippen molar-refractivity contribution in [2.24, 2.45) is 4.99 Å². The smallest absolute Gasteiger partial charge is 0.356 e. The molecule has 0 unspecified atom stereocenters. The first kappa shape index (κ1) is 16.9. The number of pyridine rings is 1. The molecular weight excluding hydrogens is 345 g/mol. The van der Waals surface area contributed by atoms with E-state index in [9.17, 15) is 9.18 Å². The summed E-state index contributed by atoms with van der Waals surface area (Å²) in [7, 11) is 0. The van der Waals surface area contributed by atoms with Crippen LogP contribution in [-0.2, 0) is 4.74 Å². The Morgan fingerprint density at radius 3 is 2.70 bits per heavy atom. The van der Waals surface area contributed by atoms with E-state index < -0.39 is 5.97 Å². The van der Waals surface area contributed by atoms with Crippen LogP contribution in [0.3, 0.4) is 0 Å². The van der Waals surface area contributed by atoms with Crippen LogP contribution in [0.2, 0.25) is 0 Å². The number of aromatic nitrogens is 2. The summed E-state index contributed by atoms with van der Waals surface area (Å²) >= 11 is 0. The first-order valence-electron chi connectivity index (χ1n) is 8.52. The molecule has 0 aliphatic carbocycles. The molecule has 1 N–H and O–H groups in total. The zero-order chi connectivity index (χ0) is 18.8. The summed E-state index contributed by atoms with van der Waals surface area (Å²) in [5.41, 5.74) is 3.59. The lowest BCUT2D eigenvalue weighted by atomic mass is 10.1. The first-order chi connectivity index (χ1) is 13.1. The number of hydrogen-bond donors (Lipinski definition) is 1. The number of H-pyrrole nitrogens is 1. The van der Waals surface area contributed by atoms with Gasteiger partial charge in [0.25, 0.3) is 0 Å². The van der Waals surface area contributed by atoms with E-state index in [0.717, 1.165) is 33.1 Å². The fourth-order valence-electron chi connectivity index (χ4n) is 2.88. The summed E-state index contributed by atoms with van der Waals surface area (Å²) < 4.78 is 18.0. The number of hydrogen-bond acceptors (Lipinski definition) is 4. The maximum absolute atomic E-state index is 13.0. The van der Waals surface area contributed by atoms with Gasteiger partial charge in [0.1, 0.15) is 11.5 Å². The number of aliphatic imine (C=N–C) groups is 1. The van der Waals surface area contributed by atoms with Crippen LogP contribution in [0.4, 0.5) is 10.1 Å². The van der Waals surface area contributed by atoms with Crippen molar-refractivity contribution in [1.82, 2.24) is 9.97 Å². The molecule has 2 heterocycles. The van der Waals surface area contributed by atoms with Crippen LogP contribution in [0.25, 0.3) is 21.8 Å². The number of ether oxygens (including phenoxy) is 1. The summed E-state index contributed by atoms with van der Waals surface area (Å²) in [6.45, 7) is 2.06. The highest BCUT2D eigenvalue weighted by atomic mass is 19.1. The molecule has 0 aliphatic heterocycles. The average molecular weight is 361 g/mol. The molecule has 0 saturated carbocycles. The van der Waals surface area contributed by atoms with Crippen LogP contribution in [0.1, 0.15) is 23.0 Å². The Labute approximate surface area is 154 Å². The van der Waals surface area contributed by atoms with E-state index in [2.05, 4.69) is 15.0 Å². The number of nitrogens with one attached hydrogen (secondary N) is 1. The van der Waals surface area contributed by atoms with Gasteiger partial charge in [-0.15, -0.1) is 0 Å². The molecule has 134 valence electrons. The van der Waals surface area contributed by atoms with E-state index in [4.69, 9.17) is 4.74 Å². The van der Waals surface area contributed by atoms with E-state index in [-0.39, 0.29) is 11.5 Å². The van der Waals surface area contributed by atoms with Gasteiger partial charge in [-0.3, -0.25) is 4.99 Å². The van der Waals surface area contributed by atoms with Gasteiger partial charge in [0, 0.05) is 22.5 Å². The number of carbonyl (C=O) groups excluding carboxylic acids is 1. The van der Waals surface area contributed by atoms with Crippen LogP contribution in [0.15, 0.2) is 59.7 Å². The van der Waals surface area contributed by atoms with Crippen LogP contribution in [0, 0.1) is 5.82 Å². The van der Waals surface area contributed by atoms with Gasteiger partial charge in [0.15, 0.2) is 0 Å². The number of esters is 1. The highest BCUT2D eigenvalue weighted by Gasteiger charge is 2.12. The molecule has 2 aromatic carbocycles. The Bertz CT molecular complexity index is 1160. The predicted molar refractivity (Wildman–Crippen MR) is 103 cm³/mol. The lowest BCUT2D eigenvalue weighted by Crippen LogP contribution is -2.06. The predicted octanol–water partition coefficient (Wildman–Crippen LogP) is 4.78. The molecule has 0 saturated heterocycles. The maximum atomic E-state index is 13.0. The highest BCUT2D eigenvalue weighted by molar-refractivity contribution is 6.09. The molecule has 4 aromatic rings. The van der Waals surface area contributed by atoms with E-state index >= 15 is 0 Å². The zero-order valence-electron chi connectivity index (χ0n) is 14.6. The van der Waals surface area contributed by atoms with Gasteiger partial charge in [0.2, 0.25) is 0 Å². The summed E-state index contributed by atoms with van der Waals surface area (Å²) in [6.07, 6.45) is 3.31. The van der Waals surface area contributed by atoms with Gasteiger partial charge in [-0.05, 0) is 48.9 Å². The molecule has 0 aliphatic rings. The van der Waals surface area contributed by atoms with Crippen LogP contribution < -0.4 is 0 Å². The molecule has 6 heteroatoms. The van der Waals surface area contributed by atoms with Gasteiger partial charge >= 0.3 is 5.97 Å². The summed E-state index contributed by atoms with van der Waals surface area (Å²) in [4.78, 5) is 23.8. The summed E-state index contributed by atoms with van der Waals surface area (Å²) in [6, 6.07) is 13.6. The van der Waals surface area contributed by atoms with Crippen LogP contribution in [-0.4, -0.2) is 28.8 Å². The first-order valence-corrected chi connectivity index (χ1v) is 8.52. The SMILES string of the molecule is CCOC(=O)c1cc2c(cn1)[nH]c1ccc(N=Cc3ccc(F)cc3)cc12. The third-order valence-electron chi connectivity index (χ3n) is 4.18. The number of halogens is 1. The average Bonchev–Trinajstić information content (AvgIpc) is 3.05. The Hall–Kier alpha value is -3.54. The van der Waals surface area contributed by atoms with E-state index in [0.29, 0.717) is 6.61 Å². The fourth-order valence-corrected chi connectivity index (χ4v) is 2.88. The molecule has 0 fully saturated rings. The molecule has 2 aromatic heterocycles. The largest absolute Gasteiger partial charge is 0.461 e. The van der Waals surface area contributed by atoms with Gasteiger partial charge < -0.3 is 9.72 Å². The minimum Gasteiger partial charge on any atom is -0.461 e. The number of aromatic amines is 1. The molecule has 0 bridgehead atoms. The molecule has 0 amide bonds. The van der Waals surface area contributed by atoms with E-state index in [1.54, 1.807) is 37.5 Å². The topological polar surface area (TPSA) is 67.3 Å². The molecule has 0 atom stereocenters. The van der Waals surface area contributed by atoms with E-state index in [1.807, 2.05) is 18.2 Å². The zero-order valence-corrected chi connectivity index (χ0v) is 14.6. The quantitative estimate of drug-likeness (QED) is 0.420. The molecule has 0 radical (unpaired) electrons. The summed E-state index contributed by atoms with van der Waals surface area (Å²) in [5.74, 6) is -0.724.